The normalized spacial score (nSPS) is 10.8. The molecule has 0 saturated heterocycles. The molecule has 0 saturated carbocycles. The van der Waals surface area contributed by atoms with Gasteiger partial charge >= 0.3 is 0 Å². The van der Waals surface area contributed by atoms with Crippen molar-refractivity contribution in [1.82, 2.24) is 14.9 Å². The van der Waals surface area contributed by atoms with Crippen molar-refractivity contribution in [3.8, 4) is 0 Å². The van der Waals surface area contributed by atoms with Crippen LogP contribution in [0, 0.1) is 12.7 Å². The molecule has 3 N–H and O–H groups in total. The first-order valence-corrected chi connectivity index (χ1v) is 10.6. The molecule has 0 radical (unpaired) electrons. The SMILES string of the molecule is CC.Cc1ccc(Nc2c(C(=O)NOCCO)c3oc(CN(C)C)cc3c(=O)n2C)c(F)c1. The van der Waals surface area contributed by atoms with Crippen molar-refractivity contribution in [2.45, 2.75) is 27.3 Å². The zero-order chi connectivity index (χ0) is 24.7. The molecule has 0 bridgehead atoms. The first-order chi connectivity index (χ1) is 15.7. The van der Waals surface area contributed by atoms with Crippen LogP contribution >= 0.6 is 0 Å². The minimum atomic E-state index is -0.713. The minimum absolute atomic E-state index is 0.0278. The van der Waals surface area contributed by atoms with Gasteiger partial charge in [0, 0.05) is 7.05 Å². The van der Waals surface area contributed by atoms with Crippen LogP contribution in [0.2, 0.25) is 0 Å². The van der Waals surface area contributed by atoms with Crippen LogP contribution in [0.1, 0.15) is 35.5 Å². The number of furan rings is 1. The van der Waals surface area contributed by atoms with Crippen LogP contribution in [0.4, 0.5) is 15.9 Å². The van der Waals surface area contributed by atoms with E-state index in [2.05, 4.69) is 10.8 Å². The maximum Gasteiger partial charge on any atom is 0.282 e. The fraction of sp³-hybridized carbons (Fsp3) is 0.391. The van der Waals surface area contributed by atoms with Gasteiger partial charge in [-0.3, -0.25) is 19.0 Å². The highest BCUT2D eigenvalue weighted by Gasteiger charge is 2.25. The van der Waals surface area contributed by atoms with Crippen molar-refractivity contribution in [3.05, 3.63) is 57.3 Å². The lowest BCUT2D eigenvalue weighted by atomic mass is 10.1. The Kier molecular flexibility index (Phi) is 9.15. The van der Waals surface area contributed by atoms with E-state index in [0.717, 1.165) is 5.56 Å². The number of nitrogens with one attached hydrogen (secondary N) is 2. The number of anilines is 2. The van der Waals surface area contributed by atoms with E-state index in [1.54, 1.807) is 19.1 Å². The zero-order valence-corrected chi connectivity index (χ0v) is 19.8. The lowest BCUT2D eigenvalue weighted by Gasteiger charge is -2.17. The predicted molar refractivity (Wildman–Crippen MR) is 125 cm³/mol. The number of carbonyl (C=O) groups is 1. The molecule has 33 heavy (non-hydrogen) atoms. The summed E-state index contributed by atoms with van der Waals surface area (Å²) >= 11 is 0. The molecule has 0 aliphatic carbocycles. The number of carbonyl (C=O) groups excluding carboxylic acids is 1. The van der Waals surface area contributed by atoms with Gasteiger partial charge in [-0.1, -0.05) is 19.9 Å². The van der Waals surface area contributed by atoms with E-state index in [1.165, 1.54) is 23.7 Å². The van der Waals surface area contributed by atoms with Gasteiger partial charge in [-0.05, 0) is 44.8 Å². The number of aliphatic hydroxyl groups is 1. The van der Waals surface area contributed by atoms with Gasteiger partial charge in [0.2, 0.25) is 0 Å². The molecular formula is C23H31FN4O5. The molecule has 0 unspecified atom stereocenters. The summed E-state index contributed by atoms with van der Waals surface area (Å²) in [5.74, 6) is -0.727. The molecule has 180 valence electrons. The van der Waals surface area contributed by atoms with Gasteiger partial charge < -0.3 is 19.7 Å². The van der Waals surface area contributed by atoms with Crippen LogP contribution in [0.15, 0.2) is 33.5 Å². The molecule has 2 aromatic heterocycles. The molecule has 1 aromatic carbocycles. The third kappa shape index (κ3) is 5.98. The number of fused-ring (bicyclic) bond motifs is 1. The molecule has 0 aliphatic heterocycles. The van der Waals surface area contributed by atoms with E-state index in [1.807, 2.05) is 32.8 Å². The summed E-state index contributed by atoms with van der Waals surface area (Å²) in [6, 6.07) is 6.14. The lowest BCUT2D eigenvalue weighted by Crippen LogP contribution is -2.29. The van der Waals surface area contributed by atoms with E-state index < -0.39 is 17.3 Å². The Balaban J connectivity index is 0.00000187. The molecule has 3 rings (SSSR count). The van der Waals surface area contributed by atoms with Crippen molar-refractivity contribution in [1.29, 1.82) is 0 Å². The van der Waals surface area contributed by atoms with Gasteiger partial charge in [0.1, 0.15) is 23.0 Å². The number of amides is 1. The van der Waals surface area contributed by atoms with Gasteiger partial charge in [0.25, 0.3) is 11.5 Å². The van der Waals surface area contributed by atoms with Gasteiger partial charge in [0.05, 0.1) is 30.8 Å². The number of aliphatic hydroxyl groups excluding tert-OH is 1. The number of aryl methyl sites for hydroxylation is 1. The average Bonchev–Trinajstić information content (AvgIpc) is 3.17. The first-order valence-electron chi connectivity index (χ1n) is 10.6. The highest BCUT2D eigenvalue weighted by Crippen LogP contribution is 2.30. The third-order valence-electron chi connectivity index (χ3n) is 4.55. The van der Waals surface area contributed by atoms with Crippen LogP contribution in [-0.4, -0.2) is 47.8 Å². The Morgan fingerprint density at radius 2 is 1.97 bits per heavy atom. The van der Waals surface area contributed by atoms with E-state index in [-0.39, 0.29) is 41.3 Å². The smallest absolute Gasteiger partial charge is 0.282 e. The Bertz CT molecular complexity index is 1170. The number of pyridine rings is 1. The first kappa shape index (κ1) is 26.0. The molecule has 2 heterocycles. The number of benzene rings is 1. The maximum atomic E-state index is 14.5. The van der Waals surface area contributed by atoms with Gasteiger partial charge in [0.15, 0.2) is 5.58 Å². The number of aromatic nitrogens is 1. The van der Waals surface area contributed by atoms with E-state index in [9.17, 15) is 14.0 Å². The molecule has 0 fully saturated rings. The summed E-state index contributed by atoms with van der Waals surface area (Å²) in [6.45, 7) is 5.74. The second-order valence-electron chi connectivity index (χ2n) is 7.39. The van der Waals surface area contributed by atoms with Crippen LogP contribution < -0.4 is 16.4 Å². The van der Waals surface area contributed by atoms with Crippen molar-refractivity contribution in [2.75, 3.05) is 32.6 Å². The Morgan fingerprint density at radius 1 is 1.27 bits per heavy atom. The van der Waals surface area contributed by atoms with E-state index in [0.29, 0.717) is 12.3 Å². The zero-order valence-electron chi connectivity index (χ0n) is 19.8. The fourth-order valence-corrected chi connectivity index (χ4v) is 3.15. The highest BCUT2D eigenvalue weighted by molar-refractivity contribution is 6.09. The minimum Gasteiger partial charge on any atom is -0.458 e. The van der Waals surface area contributed by atoms with Gasteiger partial charge in [-0.25, -0.2) is 9.87 Å². The second kappa shape index (κ2) is 11.6. The van der Waals surface area contributed by atoms with E-state index in [4.69, 9.17) is 14.4 Å². The Hall–Kier alpha value is -3.21. The highest BCUT2D eigenvalue weighted by atomic mass is 19.1. The lowest BCUT2D eigenvalue weighted by molar-refractivity contribution is 0.0169. The number of hydroxylamine groups is 1. The largest absolute Gasteiger partial charge is 0.458 e. The van der Waals surface area contributed by atoms with Crippen molar-refractivity contribution >= 4 is 28.4 Å². The third-order valence-corrected chi connectivity index (χ3v) is 4.55. The summed E-state index contributed by atoms with van der Waals surface area (Å²) in [5, 5.41) is 11.9. The second-order valence-corrected chi connectivity index (χ2v) is 7.39. The standard InChI is InChI=1S/C21H25FN4O5.C2H6/c1-12-5-6-16(15(22)9-12)23-19-17(20(28)24-30-8-7-27)18-14(21(29)26(19)4)10-13(31-18)11-25(2)3;1-2/h5-6,9-10,23,27H,7-8,11H2,1-4H3,(H,24,28);1-2H3. The van der Waals surface area contributed by atoms with Crippen LogP contribution in [0.3, 0.4) is 0 Å². The summed E-state index contributed by atoms with van der Waals surface area (Å²) < 4.78 is 21.5. The topological polar surface area (TPSA) is 109 Å². The number of hydrogen-bond donors (Lipinski definition) is 3. The molecular weight excluding hydrogens is 431 g/mol. The molecule has 0 aliphatic rings. The molecule has 10 heteroatoms. The van der Waals surface area contributed by atoms with Crippen LogP contribution in [0.5, 0.6) is 0 Å². The van der Waals surface area contributed by atoms with Crippen LogP contribution in [-0.2, 0) is 18.4 Å². The molecule has 0 spiro atoms. The van der Waals surface area contributed by atoms with Crippen molar-refractivity contribution in [3.63, 3.8) is 0 Å². The molecule has 1 amide bonds. The number of rotatable bonds is 8. The molecule has 9 nitrogen and oxygen atoms in total. The molecule has 3 aromatic rings. The summed E-state index contributed by atoms with van der Waals surface area (Å²) in [6.07, 6.45) is 0. The summed E-state index contributed by atoms with van der Waals surface area (Å²) in [4.78, 5) is 32.7. The van der Waals surface area contributed by atoms with Crippen LogP contribution in [0.25, 0.3) is 11.0 Å². The Morgan fingerprint density at radius 3 is 2.58 bits per heavy atom. The number of halogens is 1. The number of nitrogens with zero attached hydrogens (tertiary/aromatic N) is 2. The van der Waals surface area contributed by atoms with Crippen molar-refractivity contribution in [2.24, 2.45) is 7.05 Å². The predicted octanol–water partition coefficient (Wildman–Crippen LogP) is 3.06. The summed E-state index contributed by atoms with van der Waals surface area (Å²) in [7, 11) is 5.16. The number of hydrogen-bond acceptors (Lipinski definition) is 7. The monoisotopic (exact) mass is 462 g/mol. The Labute approximate surface area is 191 Å². The average molecular weight is 463 g/mol. The fourth-order valence-electron chi connectivity index (χ4n) is 3.15. The van der Waals surface area contributed by atoms with E-state index >= 15 is 0 Å². The van der Waals surface area contributed by atoms with Gasteiger partial charge in [-0.2, -0.15) is 0 Å². The van der Waals surface area contributed by atoms with Crippen molar-refractivity contribution < 1.29 is 23.5 Å². The summed E-state index contributed by atoms with van der Waals surface area (Å²) in [5.41, 5.74) is 2.65. The quantitative estimate of drug-likeness (QED) is 0.349. The maximum absolute atomic E-state index is 14.5. The molecule has 0 atom stereocenters. The van der Waals surface area contributed by atoms with Gasteiger partial charge in [-0.15, -0.1) is 0 Å².